The van der Waals surface area contributed by atoms with E-state index >= 15 is 0 Å². The quantitative estimate of drug-likeness (QED) is 0.862. The summed E-state index contributed by atoms with van der Waals surface area (Å²) in [5, 5.41) is 4.57. The van der Waals surface area contributed by atoms with Crippen LogP contribution in [0.3, 0.4) is 0 Å². The van der Waals surface area contributed by atoms with Gasteiger partial charge in [0.05, 0.1) is 17.9 Å². The molecular weight excluding hydrogens is 278 g/mol. The van der Waals surface area contributed by atoms with Gasteiger partial charge in [-0.3, -0.25) is 9.48 Å². The van der Waals surface area contributed by atoms with E-state index in [0.29, 0.717) is 11.7 Å². The molecule has 22 heavy (non-hydrogen) atoms. The Labute approximate surface area is 132 Å². The Balaban J connectivity index is 1.97. The Bertz CT molecular complexity index is 575. The summed E-state index contributed by atoms with van der Waals surface area (Å²) in [6, 6.07) is 0.602. The number of hydrogen-bond donors (Lipinski definition) is 0. The monoisotopic (exact) mass is 305 g/mol. The van der Waals surface area contributed by atoms with E-state index in [4.69, 9.17) is 4.74 Å². The van der Waals surface area contributed by atoms with Crippen molar-refractivity contribution in [2.24, 2.45) is 7.05 Å². The van der Waals surface area contributed by atoms with E-state index in [2.05, 4.69) is 25.9 Å². The second kappa shape index (κ2) is 5.69. The van der Waals surface area contributed by atoms with Crippen LogP contribution in [0.1, 0.15) is 74.8 Å². The van der Waals surface area contributed by atoms with Gasteiger partial charge in [0.25, 0.3) is 5.91 Å². The minimum absolute atomic E-state index is 0.00555. The molecule has 0 spiro atoms. The van der Waals surface area contributed by atoms with Gasteiger partial charge < -0.3 is 9.64 Å². The third-order valence-corrected chi connectivity index (χ3v) is 4.97. The van der Waals surface area contributed by atoms with Crippen LogP contribution in [0.15, 0.2) is 0 Å². The average Bonchev–Trinajstić information content (AvgIpc) is 2.69. The van der Waals surface area contributed by atoms with Crippen LogP contribution in [0.4, 0.5) is 0 Å². The normalized spacial score (nSPS) is 25.0. The number of aryl methyl sites for hydroxylation is 1. The van der Waals surface area contributed by atoms with Crippen LogP contribution in [0.5, 0.6) is 0 Å². The predicted octanol–water partition coefficient (Wildman–Crippen LogP) is 2.85. The van der Waals surface area contributed by atoms with Gasteiger partial charge >= 0.3 is 0 Å². The fraction of sp³-hybridized carbons (Fsp3) is 0.765. The molecule has 0 N–H and O–H groups in total. The molecule has 0 radical (unpaired) electrons. The molecule has 1 fully saturated rings. The second-order valence-electron chi connectivity index (χ2n) is 7.02. The van der Waals surface area contributed by atoms with Gasteiger partial charge in [-0.25, -0.2) is 0 Å². The van der Waals surface area contributed by atoms with Crippen LogP contribution in [0.2, 0.25) is 0 Å². The summed E-state index contributed by atoms with van der Waals surface area (Å²) in [5.74, 6) is 0.0952. The molecule has 1 aromatic heterocycles. The zero-order chi connectivity index (χ0) is 16.0. The van der Waals surface area contributed by atoms with Crippen molar-refractivity contribution in [1.82, 2.24) is 14.7 Å². The zero-order valence-corrected chi connectivity index (χ0v) is 14.3. The van der Waals surface area contributed by atoms with E-state index in [-0.39, 0.29) is 24.2 Å². The standard InChI is InChI=1S/C17H27N3O2/c1-10(2)20(13-7-6-8-13)17(21)15-14-9-11(3)22-12(4)16(14)19(5)18-15/h10-13H,6-9H2,1-5H3/t11-,12+/m0/s1. The number of rotatable bonds is 3. The third-order valence-electron chi connectivity index (χ3n) is 4.97. The molecule has 5 heteroatoms. The molecule has 122 valence electrons. The van der Waals surface area contributed by atoms with Crippen molar-refractivity contribution in [1.29, 1.82) is 0 Å². The average molecular weight is 305 g/mol. The lowest BCUT2D eigenvalue weighted by molar-refractivity contribution is -0.00911. The molecule has 0 saturated heterocycles. The highest BCUT2D eigenvalue weighted by molar-refractivity contribution is 5.94. The molecule has 2 atom stereocenters. The number of aromatic nitrogens is 2. The highest BCUT2D eigenvalue weighted by atomic mass is 16.5. The number of hydrogen-bond acceptors (Lipinski definition) is 3. The number of carbonyl (C=O) groups excluding carboxylic acids is 1. The van der Waals surface area contributed by atoms with Gasteiger partial charge in [-0.15, -0.1) is 0 Å². The molecule has 0 unspecified atom stereocenters. The van der Waals surface area contributed by atoms with Crippen LogP contribution < -0.4 is 0 Å². The summed E-state index contributed by atoms with van der Waals surface area (Å²) in [5.41, 5.74) is 2.78. The first-order valence-corrected chi connectivity index (χ1v) is 8.44. The molecule has 1 amide bonds. The van der Waals surface area contributed by atoms with E-state index in [1.165, 1.54) is 6.42 Å². The second-order valence-corrected chi connectivity index (χ2v) is 7.02. The molecule has 0 bridgehead atoms. The molecular formula is C17H27N3O2. The van der Waals surface area contributed by atoms with Crippen LogP contribution in [-0.2, 0) is 18.2 Å². The van der Waals surface area contributed by atoms with Gasteiger partial charge in [0.15, 0.2) is 5.69 Å². The largest absolute Gasteiger partial charge is 0.369 e. The molecule has 0 aromatic carbocycles. The summed E-state index contributed by atoms with van der Waals surface area (Å²) >= 11 is 0. The van der Waals surface area contributed by atoms with E-state index in [9.17, 15) is 4.79 Å². The number of ether oxygens (including phenoxy) is 1. The fourth-order valence-corrected chi connectivity index (χ4v) is 3.82. The molecule has 2 heterocycles. The lowest BCUT2D eigenvalue weighted by Gasteiger charge is -2.40. The van der Waals surface area contributed by atoms with Gasteiger partial charge in [-0.1, -0.05) is 0 Å². The summed E-state index contributed by atoms with van der Waals surface area (Å²) in [7, 11) is 1.91. The zero-order valence-electron chi connectivity index (χ0n) is 14.3. The molecule has 1 aromatic rings. The van der Waals surface area contributed by atoms with E-state index in [0.717, 1.165) is 30.5 Å². The van der Waals surface area contributed by atoms with Crippen LogP contribution in [0, 0.1) is 0 Å². The maximum Gasteiger partial charge on any atom is 0.275 e. The maximum absolute atomic E-state index is 13.1. The highest BCUT2D eigenvalue weighted by Crippen LogP contribution is 2.34. The van der Waals surface area contributed by atoms with Gasteiger partial charge in [0, 0.05) is 31.1 Å². The van der Waals surface area contributed by atoms with Crippen molar-refractivity contribution in [3.8, 4) is 0 Å². The Hall–Kier alpha value is -1.36. The highest BCUT2D eigenvalue weighted by Gasteiger charge is 2.37. The molecule has 1 aliphatic heterocycles. The summed E-state index contributed by atoms with van der Waals surface area (Å²) < 4.78 is 7.72. The Kier molecular flexibility index (Phi) is 4.02. The van der Waals surface area contributed by atoms with Gasteiger partial charge in [-0.2, -0.15) is 5.10 Å². The summed E-state index contributed by atoms with van der Waals surface area (Å²) in [6.45, 7) is 8.29. The SMILES string of the molecule is CC(C)N(C(=O)c1nn(C)c2c1C[C@H](C)O[C@@H]2C)C1CCC1. The first kappa shape index (κ1) is 15.5. The molecule has 1 aliphatic carbocycles. The van der Waals surface area contributed by atoms with E-state index < -0.39 is 0 Å². The predicted molar refractivity (Wildman–Crippen MR) is 84.8 cm³/mol. The third kappa shape index (κ3) is 2.45. The molecule has 2 aliphatic rings. The van der Waals surface area contributed by atoms with Crippen molar-refractivity contribution < 1.29 is 9.53 Å². The van der Waals surface area contributed by atoms with Gasteiger partial charge in [0.2, 0.25) is 0 Å². The van der Waals surface area contributed by atoms with Crippen LogP contribution >= 0.6 is 0 Å². The lowest BCUT2D eigenvalue weighted by Crippen LogP contribution is -2.48. The minimum Gasteiger partial charge on any atom is -0.369 e. The van der Waals surface area contributed by atoms with Crippen molar-refractivity contribution >= 4 is 5.91 Å². The van der Waals surface area contributed by atoms with Crippen LogP contribution in [0.25, 0.3) is 0 Å². The van der Waals surface area contributed by atoms with Gasteiger partial charge in [0.1, 0.15) is 0 Å². The van der Waals surface area contributed by atoms with E-state index in [1.54, 1.807) is 0 Å². The van der Waals surface area contributed by atoms with Crippen molar-refractivity contribution in [2.75, 3.05) is 0 Å². The Morgan fingerprint density at radius 1 is 1.36 bits per heavy atom. The minimum atomic E-state index is -0.00555. The number of amides is 1. The fourth-order valence-electron chi connectivity index (χ4n) is 3.82. The molecule has 5 nitrogen and oxygen atoms in total. The summed E-state index contributed by atoms with van der Waals surface area (Å²) in [4.78, 5) is 15.2. The number of nitrogens with zero attached hydrogens (tertiary/aromatic N) is 3. The van der Waals surface area contributed by atoms with Crippen molar-refractivity contribution in [3.05, 3.63) is 17.0 Å². The first-order valence-electron chi connectivity index (χ1n) is 8.44. The summed E-state index contributed by atoms with van der Waals surface area (Å²) in [6.07, 6.45) is 4.36. The number of carbonyl (C=O) groups is 1. The maximum atomic E-state index is 13.1. The number of fused-ring (bicyclic) bond motifs is 1. The van der Waals surface area contributed by atoms with Gasteiger partial charge in [-0.05, 0) is 47.0 Å². The smallest absolute Gasteiger partial charge is 0.275 e. The first-order chi connectivity index (χ1) is 10.4. The Morgan fingerprint density at radius 3 is 2.59 bits per heavy atom. The van der Waals surface area contributed by atoms with Crippen molar-refractivity contribution in [3.63, 3.8) is 0 Å². The van der Waals surface area contributed by atoms with E-state index in [1.807, 2.05) is 23.6 Å². The topological polar surface area (TPSA) is 47.4 Å². The molecule has 1 saturated carbocycles. The van der Waals surface area contributed by atoms with Crippen molar-refractivity contribution in [2.45, 2.75) is 77.7 Å². The van der Waals surface area contributed by atoms with Crippen LogP contribution in [-0.4, -0.2) is 38.8 Å². The lowest BCUT2D eigenvalue weighted by atomic mass is 9.89. The Morgan fingerprint density at radius 2 is 2.05 bits per heavy atom. The molecule has 3 rings (SSSR count).